The molecule has 0 unspecified atom stereocenters. The van der Waals surface area contributed by atoms with Gasteiger partial charge in [-0.2, -0.15) is 0 Å². The molecule has 5 nitrogen and oxygen atoms in total. The van der Waals surface area contributed by atoms with Gasteiger partial charge in [-0.1, -0.05) is 24.6 Å². The molecular formula is C14H18ClN5. The van der Waals surface area contributed by atoms with Gasteiger partial charge in [-0.05, 0) is 31.0 Å². The van der Waals surface area contributed by atoms with Crippen LogP contribution in [0, 0.1) is 6.92 Å². The van der Waals surface area contributed by atoms with Crippen molar-refractivity contribution in [2.24, 2.45) is 0 Å². The molecule has 106 valence electrons. The Morgan fingerprint density at radius 1 is 1.25 bits per heavy atom. The van der Waals surface area contributed by atoms with Crippen LogP contribution < -0.4 is 16.4 Å². The Labute approximate surface area is 123 Å². The number of aryl methyl sites for hydroxylation is 1. The Hall–Kier alpha value is -2.01. The van der Waals surface area contributed by atoms with Gasteiger partial charge in [-0.3, -0.25) is 0 Å². The zero-order valence-corrected chi connectivity index (χ0v) is 12.3. The molecule has 20 heavy (non-hydrogen) atoms. The van der Waals surface area contributed by atoms with Crippen LogP contribution >= 0.6 is 11.6 Å². The molecule has 4 N–H and O–H groups in total. The van der Waals surface area contributed by atoms with Gasteiger partial charge < -0.3 is 16.4 Å². The average molecular weight is 292 g/mol. The van der Waals surface area contributed by atoms with E-state index in [0.717, 1.165) is 24.2 Å². The predicted molar refractivity (Wildman–Crippen MR) is 84.7 cm³/mol. The molecule has 2 rings (SSSR count). The highest BCUT2D eigenvalue weighted by Gasteiger charge is 2.09. The van der Waals surface area contributed by atoms with E-state index in [4.69, 9.17) is 17.3 Å². The average Bonchev–Trinajstić information content (AvgIpc) is 2.44. The number of nitrogen functional groups attached to an aromatic ring is 1. The molecule has 6 heteroatoms. The molecule has 0 amide bonds. The third kappa shape index (κ3) is 3.30. The van der Waals surface area contributed by atoms with E-state index < -0.39 is 0 Å². The number of nitrogens with one attached hydrogen (secondary N) is 2. The quantitative estimate of drug-likeness (QED) is 0.785. The van der Waals surface area contributed by atoms with E-state index in [0.29, 0.717) is 22.3 Å². The highest BCUT2D eigenvalue weighted by molar-refractivity contribution is 6.30. The smallest absolute Gasteiger partial charge is 0.159 e. The zero-order valence-electron chi connectivity index (χ0n) is 11.6. The molecule has 0 bridgehead atoms. The maximum Gasteiger partial charge on any atom is 0.159 e. The van der Waals surface area contributed by atoms with E-state index in [1.54, 1.807) is 0 Å². The van der Waals surface area contributed by atoms with Crippen molar-refractivity contribution in [3.05, 3.63) is 35.1 Å². The van der Waals surface area contributed by atoms with Crippen LogP contribution in [0.4, 0.5) is 23.0 Å². The number of rotatable bonds is 5. The fourth-order valence-corrected chi connectivity index (χ4v) is 1.91. The van der Waals surface area contributed by atoms with Crippen molar-refractivity contribution in [2.75, 3.05) is 22.9 Å². The van der Waals surface area contributed by atoms with Crippen LogP contribution in [0.3, 0.4) is 0 Å². The number of anilines is 4. The SMILES string of the molecule is CCCNc1ncnc(Nc2cc(Cl)ccc2C)c1N. The largest absolute Gasteiger partial charge is 0.393 e. The molecule has 1 aromatic heterocycles. The minimum Gasteiger partial charge on any atom is -0.393 e. The number of hydrogen-bond acceptors (Lipinski definition) is 5. The van der Waals surface area contributed by atoms with Crippen molar-refractivity contribution in [1.29, 1.82) is 0 Å². The fraction of sp³-hybridized carbons (Fsp3) is 0.286. The molecule has 0 spiro atoms. The maximum absolute atomic E-state index is 6.08. The maximum atomic E-state index is 6.08. The van der Waals surface area contributed by atoms with Crippen molar-refractivity contribution in [1.82, 2.24) is 9.97 Å². The summed E-state index contributed by atoms with van der Waals surface area (Å²) in [7, 11) is 0. The van der Waals surface area contributed by atoms with E-state index in [1.165, 1.54) is 6.33 Å². The lowest BCUT2D eigenvalue weighted by atomic mass is 10.2. The second kappa shape index (κ2) is 6.43. The number of benzene rings is 1. The molecule has 2 aromatic rings. The third-order valence-electron chi connectivity index (χ3n) is 2.88. The van der Waals surface area contributed by atoms with Crippen LogP contribution in [0.25, 0.3) is 0 Å². The standard InChI is InChI=1S/C14H18ClN5/c1-3-6-17-13-12(16)14(19-8-18-13)20-11-7-10(15)5-4-9(11)2/h4-5,7-8H,3,6,16H2,1-2H3,(H2,17,18,19,20). The van der Waals surface area contributed by atoms with E-state index in [1.807, 2.05) is 25.1 Å². The molecule has 1 heterocycles. The van der Waals surface area contributed by atoms with Gasteiger partial charge in [0, 0.05) is 17.3 Å². The Morgan fingerprint density at radius 2 is 2.00 bits per heavy atom. The second-order valence-electron chi connectivity index (χ2n) is 4.50. The summed E-state index contributed by atoms with van der Waals surface area (Å²) in [5.41, 5.74) is 8.52. The van der Waals surface area contributed by atoms with Crippen molar-refractivity contribution in [3.8, 4) is 0 Å². The Balaban J connectivity index is 2.27. The molecule has 0 atom stereocenters. The van der Waals surface area contributed by atoms with Crippen molar-refractivity contribution in [3.63, 3.8) is 0 Å². The fourth-order valence-electron chi connectivity index (χ4n) is 1.74. The monoisotopic (exact) mass is 291 g/mol. The summed E-state index contributed by atoms with van der Waals surface area (Å²) in [4.78, 5) is 8.33. The van der Waals surface area contributed by atoms with E-state index in [9.17, 15) is 0 Å². The number of aromatic nitrogens is 2. The summed E-state index contributed by atoms with van der Waals surface area (Å²) in [6.07, 6.45) is 2.48. The molecular weight excluding hydrogens is 274 g/mol. The first-order valence-electron chi connectivity index (χ1n) is 6.49. The number of nitrogens with two attached hydrogens (primary N) is 1. The van der Waals surface area contributed by atoms with Gasteiger partial charge in [0.15, 0.2) is 11.6 Å². The summed E-state index contributed by atoms with van der Waals surface area (Å²) < 4.78 is 0. The first-order chi connectivity index (χ1) is 9.61. The van der Waals surface area contributed by atoms with Gasteiger partial charge in [-0.15, -0.1) is 0 Å². The summed E-state index contributed by atoms with van der Waals surface area (Å²) in [6, 6.07) is 5.63. The summed E-state index contributed by atoms with van der Waals surface area (Å²) in [5, 5.41) is 7.03. The van der Waals surface area contributed by atoms with Gasteiger partial charge in [0.05, 0.1) is 0 Å². The first-order valence-corrected chi connectivity index (χ1v) is 6.87. The van der Waals surface area contributed by atoms with Gasteiger partial charge >= 0.3 is 0 Å². The summed E-state index contributed by atoms with van der Waals surface area (Å²) in [6.45, 7) is 4.89. The van der Waals surface area contributed by atoms with Gasteiger partial charge in [0.1, 0.15) is 12.0 Å². The Kier molecular flexibility index (Phi) is 4.63. The van der Waals surface area contributed by atoms with Crippen LogP contribution in [0.1, 0.15) is 18.9 Å². The number of hydrogen-bond donors (Lipinski definition) is 3. The van der Waals surface area contributed by atoms with E-state index in [2.05, 4.69) is 27.5 Å². The zero-order chi connectivity index (χ0) is 14.5. The van der Waals surface area contributed by atoms with Gasteiger partial charge in [0.2, 0.25) is 0 Å². The normalized spacial score (nSPS) is 10.3. The lowest BCUT2D eigenvalue weighted by Gasteiger charge is -2.13. The first kappa shape index (κ1) is 14.4. The third-order valence-corrected chi connectivity index (χ3v) is 3.11. The highest BCUT2D eigenvalue weighted by atomic mass is 35.5. The highest BCUT2D eigenvalue weighted by Crippen LogP contribution is 2.28. The topological polar surface area (TPSA) is 75.9 Å². The lowest BCUT2D eigenvalue weighted by Crippen LogP contribution is -2.08. The molecule has 0 aliphatic heterocycles. The van der Waals surface area contributed by atoms with E-state index >= 15 is 0 Å². The molecule has 0 saturated carbocycles. The molecule has 0 radical (unpaired) electrons. The summed E-state index contributed by atoms with van der Waals surface area (Å²) >= 11 is 6.01. The van der Waals surface area contributed by atoms with Crippen LogP contribution in [-0.4, -0.2) is 16.5 Å². The van der Waals surface area contributed by atoms with Crippen LogP contribution in [0.5, 0.6) is 0 Å². The number of halogens is 1. The molecule has 0 aliphatic rings. The second-order valence-corrected chi connectivity index (χ2v) is 4.93. The van der Waals surface area contributed by atoms with Gasteiger partial charge in [0.25, 0.3) is 0 Å². The minimum absolute atomic E-state index is 0.500. The summed E-state index contributed by atoms with van der Waals surface area (Å²) in [5.74, 6) is 1.22. The number of nitrogens with zero attached hydrogens (tertiary/aromatic N) is 2. The van der Waals surface area contributed by atoms with E-state index in [-0.39, 0.29) is 0 Å². The van der Waals surface area contributed by atoms with Gasteiger partial charge in [-0.25, -0.2) is 9.97 Å². The lowest BCUT2D eigenvalue weighted by molar-refractivity contribution is 0.966. The van der Waals surface area contributed by atoms with Crippen LogP contribution in [0.2, 0.25) is 5.02 Å². The predicted octanol–water partition coefficient (Wildman–Crippen LogP) is 3.59. The Bertz CT molecular complexity index is 600. The Morgan fingerprint density at radius 3 is 2.75 bits per heavy atom. The van der Waals surface area contributed by atoms with Crippen molar-refractivity contribution < 1.29 is 0 Å². The van der Waals surface area contributed by atoms with Crippen molar-refractivity contribution in [2.45, 2.75) is 20.3 Å². The van der Waals surface area contributed by atoms with Crippen molar-refractivity contribution >= 4 is 34.6 Å². The molecule has 0 aliphatic carbocycles. The van der Waals surface area contributed by atoms with Crippen LogP contribution in [-0.2, 0) is 0 Å². The minimum atomic E-state index is 0.500. The molecule has 0 fully saturated rings. The van der Waals surface area contributed by atoms with Crippen LogP contribution in [0.15, 0.2) is 24.5 Å². The molecule has 0 saturated heterocycles. The molecule has 1 aromatic carbocycles.